The Morgan fingerprint density at radius 1 is 1.09 bits per heavy atom. The molecule has 5 rings (SSSR count). The van der Waals surface area contributed by atoms with E-state index in [1.165, 1.54) is 30.5 Å². The molecule has 0 saturated carbocycles. The Labute approximate surface area is 192 Å². The number of aryl methyl sites for hydroxylation is 1. The van der Waals surface area contributed by atoms with E-state index in [2.05, 4.69) is 53.5 Å². The van der Waals surface area contributed by atoms with Gasteiger partial charge < -0.3 is 9.80 Å². The molecule has 1 fully saturated rings. The highest BCUT2D eigenvalue weighted by molar-refractivity contribution is 7.14. The van der Waals surface area contributed by atoms with E-state index in [0.717, 1.165) is 53.1 Å². The summed E-state index contributed by atoms with van der Waals surface area (Å²) >= 11 is 1.59. The first-order chi connectivity index (χ1) is 15.5. The van der Waals surface area contributed by atoms with Gasteiger partial charge in [-0.05, 0) is 81.2 Å². The van der Waals surface area contributed by atoms with E-state index >= 15 is 0 Å². The van der Waals surface area contributed by atoms with Crippen LogP contribution in [0.25, 0.3) is 16.9 Å². The van der Waals surface area contributed by atoms with Gasteiger partial charge in [0.1, 0.15) is 17.3 Å². The summed E-state index contributed by atoms with van der Waals surface area (Å²) in [5, 5.41) is 2.92. The monoisotopic (exact) mass is 449 g/mol. The average Bonchev–Trinajstić information content (AvgIpc) is 3.44. The van der Waals surface area contributed by atoms with Crippen LogP contribution in [0.2, 0.25) is 0 Å². The number of aromatic nitrogens is 3. The standard InChI is InChI=1S/C25H28FN5S/c1-4-21-24(30(3)25-28-22(16-32-25)18-5-8-20(26)9-6-18)31-15-19(7-10-23(31)27-21)17-11-13-29(2)14-12-17/h5-10,15-17H,4,11-14H2,1-3H3. The molecule has 4 heterocycles. The van der Waals surface area contributed by atoms with Crippen LogP contribution in [0.1, 0.15) is 36.9 Å². The summed E-state index contributed by atoms with van der Waals surface area (Å²) in [5.41, 5.74) is 5.19. The first-order valence-corrected chi connectivity index (χ1v) is 12.1. The number of nitrogens with zero attached hydrogens (tertiary/aromatic N) is 5. The van der Waals surface area contributed by atoms with Crippen LogP contribution in [0.5, 0.6) is 0 Å². The van der Waals surface area contributed by atoms with Gasteiger partial charge in [-0.1, -0.05) is 13.0 Å². The molecule has 0 aliphatic carbocycles. The summed E-state index contributed by atoms with van der Waals surface area (Å²) in [7, 11) is 4.25. The smallest absolute Gasteiger partial charge is 0.191 e. The Hall–Kier alpha value is -2.77. The van der Waals surface area contributed by atoms with Crippen LogP contribution >= 0.6 is 11.3 Å². The largest absolute Gasteiger partial charge is 0.306 e. The highest BCUT2D eigenvalue weighted by Crippen LogP contribution is 2.35. The third-order valence-electron chi connectivity index (χ3n) is 6.45. The van der Waals surface area contributed by atoms with Gasteiger partial charge in [0, 0.05) is 24.2 Å². The predicted octanol–water partition coefficient (Wildman–Crippen LogP) is 5.74. The minimum atomic E-state index is -0.236. The number of hydrogen-bond donors (Lipinski definition) is 0. The quantitative estimate of drug-likeness (QED) is 0.390. The van der Waals surface area contributed by atoms with Gasteiger partial charge in [0.05, 0.1) is 11.4 Å². The lowest BCUT2D eigenvalue weighted by Crippen LogP contribution is -2.29. The van der Waals surface area contributed by atoms with Gasteiger partial charge in [0.25, 0.3) is 0 Å². The van der Waals surface area contributed by atoms with Crippen molar-refractivity contribution in [2.24, 2.45) is 0 Å². The molecule has 0 N–H and O–H groups in total. The molecule has 1 aromatic carbocycles. The molecule has 1 saturated heterocycles. The Morgan fingerprint density at radius 3 is 2.56 bits per heavy atom. The van der Waals surface area contributed by atoms with E-state index in [1.807, 2.05) is 5.38 Å². The lowest BCUT2D eigenvalue weighted by Gasteiger charge is -2.29. The number of thiazole rings is 1. The second-order valence-electron chi connectivity index (χ2n) is 8.59. The molecule has 0 spiro atoms. The minimum Gasteiger partial charge on any atom is -0.306 e. The van der Waals surface area contributed by atoms with Crippen molar-refractivity contribution in [2.75, 3.05) is 32.1 Å². The molecule has 1 aliphatic heterocycles. The molecule has 0 atom stereocenters. The van der Waals surface area contributed by atoms with E-state index in [9.17, 15) is 4.39 Å². The average molecular weight is 450 g/mol. The van der Waals surface area contributed by atoms with Crippen LogP contribution in [-0.2, 0) is 6.42 Å². The fraction of sp³-hybridized carbons (Fsp3) is 0.360. The maximum atomic E-state index is 13.3. The Balaban J connectivity index is 1.51. The first-order valence-electron chi connectivity index (χ1n) is 11.2. The van der Waals surface area contributed by atoms with Crippen molar-refractivity contribution in [3.05, 3.63) is 65.0 Å². The number of hydrogen-bond acceptors (Lipinski definition) is 5. The SMILES string of the molecule is CCc1nc2ccc(C3CCN(C)CC3)cn2c1N(C)c1nc(-c2ccc(F)cc2)cs1. The summed E-state index contributed by atoms with van der Waals surface area (Å²) in [6, 6.07) is 10.9. The van der Waals surface area contributed by atoms with Crippen molar-refractivity contribution in [3.8, 4) is 11.3 Å². The predicted molar refractivity (Wildman–Crippen MR) is 130 cm³/mol. The van der Waals surface area contributed by atoms with Gasteiger partial charge in [0.15, 0.2) is 5.13 Å². The maximum Gasteiger partial charge on any atom is 0.191 e. The lowest BCUT2D eigenvalue weighted by atomic mass is 9.91. The normalized spacial score (nSPS) is 15.5. The lowest BCUT2D eigenvalue weighted by molar-refractivity contribution is 0.255. The zero-order valence-electron chi connectivity index (χ0n) is 18.8. The van der Waals surface area contributed by atoms with Crippen molar-refractivity contribution in [1.29, 1.82) is 0 Å². The summed E-state index contributed by atoms with van der Waals surface area (Å²) < 4.78 is 15.5. The van der Waals surface area contributed by atoms with E-state index < -0.39 is 0 Å². The van der Waals surface area contributed by atoms with Gasteiger partial charge in [0.2, 0.25) is 0 Å². The van der Waals surface area contributed by atoms with Crippen molar-refractivity contribution in [1.82, 2.24) is 19.3 Å². The number of rotatable bonds is 5. The van der Waals surface area contributed by atoms with E-state index in [0.29, 0.717) is 5.92 Å². The van der Waals surface area contributed by atoms with Gasteiger partial charge in [-0.25, -0.2) is 14.4 Å². The Bertz CT molecular complexity index is 1220. The number of likely N-dealkylation sites (tertiary alicyclic amines) is 1. The molecule has 0 amide bonds. The third-order valence-corrected chi connectivity index (χ3v) is 7.36. The molecule has 166 valence electrons. The van der Waals surface area contributed by atoms with Gasteiger partial charge in [-0.15, -0.1) is 11.3 Å². The summed E-state index contributed by atoms with van der Waals surface area (Å²) in [6.45, 7) is 4.43. The summed E-state index contributed by atoms with van der Waals surface area (Å²) in [6.07, 6.45) is 5.50. The van der Waals surface area contributed by atoms with Crippen molar-refractivity contribution < 1.29 is 4.39 Å². The number of benzene rings is 1. The molecule has 3 aromatic heterocycles. The van der Waals surface area contributed by atoms with Crippen LogP contribution < -0.4 is 4.90 Å². The molecule has 0 unspecified atom stereocenters. The highest BCUT2D eigenvalue weighted by atomic mass is 32.1. The van der Waals surface area contributed by atoms with Crippen LogP contribution in [0.4, 0.5) is 15.3 Å². The number of anilines is 2. The van der Waals surface area contributed by atoms with Crippen molar-refractivity contribution in [3.63, 3.8) is 0 Å². The van der Waals surface area contributed by atoms with E-state index in [1.54, 1.807) is 23.5 Å². The number of halogens is 1. The summed E-state index contributed by atoms with van der Waals surface area (Å²) in [4.78, 5) is 14.3. The second-order valence-corrected chi connectivity index (χ2v) is 9.42. The molecule has 7 heteroatoms. The highest BCUT2D eigenvalue weighted by Gasteiger charge is 2.22. The molecule has 4 aromatic rings. The zero-order valence-corrected chi connectivity index (χ0v) is 19.6. The molecule has 5 nitrogen and oxygen atoms in total. The van der Waals surface area contributed by atoms with E-state index in [4.69, 9.17) is 9.97 Å². The fourth-order valence-corrected chi connectivity index (χ4v) is 5.34. The van der Waals surface area contributed by atoms with Gasteiger partial charge >= 0.3 is 0 Å². The third kappa shape index (κ3) is 3.91. The molecule has 0 radical (unpaired) electrons. The zero-order chi connectivity index (χ0) is 22.2. The summed E-state index contributed by atoms with van der Waals surface area (Å²) in [5.74, 6) is 1.42. The van der Waals surface area contributed by atoms with Gasteiger partial charge in [-0.2, -0.15) is 0 Å². The number of pyridine rings is 1. The number of imidazole rings is 1. The van der Waals surface area contributed by atoms with Crippen LogP contribution in [0.15, 0.2) is 48.0 Å². The Kier molecular flexibility index (Phi) is 5.69. The van der Waals surface area contributed by atoms with Gasteiger partial charge in [-0.3, -0.25) is 4.40 Å². The first kappa shape index (κ1) is 21.1. The topological polar surface area (TPSA) is 36.7 Å². The van der Waals surface area contributed by atoms with Crippen LogP contribution in [0, 0.1) is 5.82 Å². The van der Waals surface area contributed by atoms with Crippen LogP contribution in [0.3, 0.4) is 0 Å². The number of fused-ring (bicyclic) bond motifs is 1. The molecular weight excluding hydrogens is 421 g/mol. The molecule has 0 bridgehead atoms. The minimum absolute atomic E-state index is 0.236. The number of piperidine rings is 1. The molecule has 32 heavy (non-hydrogen) atoms. The molecule has 1 aliphatic rings. The second kappa shape index (κ2) is 8.64. The van der Waals surface area contributed by atoms with Crippen molar-refractivity contribution in [2.45, 2.75) is 32.1 Å². The maximum absolute atomic E-state index is 13.3. The van der Waals surface area contributed by atoms with Crippen LogP contribution in [-0.4, -0.2) is 46.5 Å². The molecular formula is C25H28FN5S. The Morgan fingerprint density at radius 2 is 1.84 bits per heavy atom. The van der Waals surface area contributed by atoms with E-state index in [-0.39, 0.29) is 5.82 Å². The van der Waals surface area contributed by atoms with Crippen molar-refractivity contribution >= 4 is 27.9 Å². The fourth-order valence-electron chi connectivity index (χ4n) is 4.54.